The Morgan fingerprint density at radius 1 is 0.679 bits per heavy atom. The molecule has 0 amide bonds. The maximum absolute atomic E-state index is 12.4. The number of halogens is 1. The van der Waals surface area contributed by atoms with Crippen molar-refractivity contribution in [3.05, 3.63) is 96.8 Å². The summed E-state index contributed by atoms with van der Waals surface area (Å²) in [6.07, 6.45) is 3.14. The van der Waals surface area contributed by atoms with Gasteiger partial charge in [-0.25, -0.2) is 4.79 Å². The Labute approximate surface area is 168 Å². The lowest BCUT2D eigenvalue weighted by Crippen LogP contribution is -2.08. The Balaban J connectivity index is 0.00000192. The SMILES string of the molecule is Cl.O=C(Oc1ccc2c3ccccc3c3ccccc3c2c1)c1cccnc1. The van der Waals surface area contributed by atoms with Crippen molar-refractivity contribution in [2.24, 2.45) is 0 Å². The molecule has 0 unspecified atom stereocenters. The molecule has 0 fully saturated rings. The van der Waals surface area contributed by atoms with Gasteiger partial charge in [-0.3, -0.25) is 4.98 Å². The van der Waals surface area contributed by atoms with E-state index in [1.807, 2.05) is 36.4 Å². The summed E-state index contributed by atoms with van der Waals surface area (Å²) in [7, 11) is 0. The molecule has 0 radical (unpaired) electrons. The summed E-state index contributed by atoms with van der Waals surface area (Å²) in [4.78, 5) is 16.3. The molecule has 5 rings (SSSR count). The summed E-state index contributed by atoms with van der Waals surface area (Å²) >= 11 is 0. The molecule has 0 N–H and O–H groups in total. The fraction of sp³-hybridized carbons (Fsp3) is 0. The molecule has 0 aliphatic carbocycles. The Hall–Kier alpha value is -3.43. The number of rotatable bonds is 2. The lowest BCUT2D eigenvalue weighted by atomic mass is 9.94. The van der Waals surface area contributed by atoms with Crippen molar-refractivity contribution in [3.63, 3.8) is 0 Å². The van der Waals surface area contributed by atoms with Gasteiger partial charge in [0.2, 0.25) is 0 Å². The number of carbonyl (C=O) groups excluding carboxylic acids is 1. The number of nitrogens with zero attached hydrogens (tertiary/aromatic N) is 1. The van der Waals surface area contributed by atoms with Crippen molar-refractivity contribution in [1.29, 1.82) is 0 Å². The number of hydrogen-bond acceptors (Lipinski definition) is 3. The third-order valence-corrected chi connectivity index (χ3v) is 4.82. The summed E-state index contributed by atoms with van der Waals surface area (Å²) in [6, 6.07) is 25.9. The van der Waals surface area contributed by atoms with Crippen LogP contribution in [0.5, 0.6) is 5.75 Å². The number of ether oxygens (including phenoxy) is 1. The molecule has 28 heavy (non-hydrogen) atoms. The van der Waals surface area contributed by atoms with E-state index < -0.39 is 5.97 Å². The Morgan fingerprint density at radius 3 is 1.82 bits per heavy atom. The second-order valence-electron chi connectivity index (χ2n) is 6.43. The van der Waals surface area contributed by atoms with Crippen LogP contribution in [0.2, 0.25) is 0 Å². The smallest absolute Gasteiger partial charge is 0.345 e. The molecule has 0 saturated carbocycles. The van der Waals surface area contributed by atoms with Crippen molar-refractivity contribution >= 4 is 50.7 Å². The van der Waals surface area contributed by atoms with E-state index in [1.54, 1.807) is 18.3 Å². The minimum absolute atomic E-state index is 0. The van der Waals surface area contributed by atoms with Gasteiger partial charge >= 0.3 is 5.97 Å². The average molecular weight is 386 g/mol. The van der Waals surface area contributed by atoms with Crippen LogP contribution in [-0.2, 0) is 0 Å². The highest BCUT2D eigenvalue weighted by atomic mass is 35.5. The number of aromatic nitrogens is 1. The van der Waals surface area contributed by atoms with Gasteiger partial charge in [0.25, 0.3) is 0 Å². The number of benzene rings is 4. The largest absolute Gasteiger partial charge is 0.423 e. The van der Waals surface area contributed by atoms with Crippen LogP contribution in [0, 0.1) is 0 Å². The zero-order valence-corrected chi connectivity index (χ0v) is 15.6. The van der Waals surface area contributed by atoms with Gasteiger partial charge in [-0.15, -0.1) is 12.4 Å². The van der Waals surface area contributed by atoms with E-state index in [1.165, 1.54) is 22.4 Å². The summed E-state index contributed by atoms with van der Waals surface area (Å²) in [5.41, 5.74) is 0.431. The van der Waals surface area contributed by atoms with Gasteiger partial charge in [-0.2, -0.15) is 0 Å². The van der Waals surface area contributed by atoms with Crippen LogP contribution in [0.3, 0.4) is 0 Å². The minimum atomic E-state index is -0.410. The third kappa shape index (κ3) is 2.96. The molecule has 0 atom stereocenters. The van der Waals surface area contributed by atoms with Crippen molar-refractivity contribution in [3.8, 4) is 5.75 Å². The van der Waals surface area contributed by atoms with Crippen LogP contribution >= 0.6 is 12.4 Å². The number of fused-ring (bicyclic) bond motifs is 6. The summed E-state index contributed by atoms with van der Waals surface area (Å²) in [5.74, 6) is 0.115. The van der Waals surface area contributed by atoms with E-state index in [0.717, 1.165) is 16.2 Å². The molecule has 0 aliphatic heterocycles. The highest BCUT2D eigenvalue weighted by Gasteiger charge is 2.12. The lowest BCUT2D eigenvalue weighted by Gasteiger charge is -2.11. The fourth-order valence-electron chi connectivity index (χ4n) is 3.60. The molecular formula is C24H16ClNO2. The van der Waals surface area contributed by atoms with Gasteiger partial charge < -0.3 is 4.74 Å². The van der Waals surface area contributed by atoms with Gasteiger partial charge in [-0.1, -0.05) is 54.6 Å². The van der Waals surface area contributed by atoms with E-state index in [-0.39, 0.29) is 12.4 Å². The quantitative estimate of drug-likeness (QED) is 0.207. The first kappa shape index (κ1) is 18.0. The van der Waals surface area contributed by atoms with Crippen LogP contribution in [0.1, 0.15) is 10.4 Å². The lowest BCUT2D eigenvalue weighted by molar-refractivity contribution is 0.0734. The molecule has 0 saturated heterocycles. The molecule has 4 aromatic carbocycles. The Morgan fingerprint density at radius 2 is 1.25 bits per heavy atom. The average Bonchev–Trinajstić information content (AvgIpc) is 2.74. The van der Waals surface area contributed by atoms with Crippen LogP contribution < -0.4 is 4.74 Å². The predicted octanol–water partition coefficient (Wildman–Crippen LogP) is 6.18. The van der Waals surface area contributed by atoms with Gasteiger partial charge in [0, 0.05) is 12.4 Å². The molecular weight excluding hydrogens is 370 g/mol. The highest BCUT2D eigenvalue weighted by Crippen LogP contribution is 2.36. The third-order valence-electron chi connectivity index (χ3n) is 4.82. The number of carbonyl (C=O) groups is 1. The summed E-state index contributed by atoms with van der Waals surface area (Å²) < 4.78 is 5.59. The van der Waals surface area contributed by atoms with Gasteiger partial charge in [0.15, 0.2) is 0 Å². The summed E-state index contributed by atoms with van der Waals surface area (Å²) in [5, 5.41) is 6.96. The Bertz CT molecular complexity index is 1280. The monoisotopic (exact) mass is 385 g/mol. The molecule has 0 spiro atoms. The molecule has 1 heterocycles. The molecule has 3 nitrogen and oxygen atoms in total. The van der Waals surface area contributed by atoms with E-state index in [9.17, 15) is 4.79 Å². The second-order valence-corrected chi connectivity index (χ2v) is 6.43. The van der Waals surface area contributed by atoms with E-state index >= 15 is 0 Å². The second kappa shape index (κ2) is 7.29. The standard InChI is InChI=1S/C24H15NO2.ClH/c26-24(16-6-5-13-25-15-16)27-17-11-12-22-20-9-2-1-7-18(20)19-8-3-4-10-21(19)23(22)14-17;/h1-15H;1H. The minimum Gasteiger partial charge on any atom is -0.423 e. The number of hydrogen-bond donors (Lipinski definition) is 0. The molecule has 4 heteroatoms. The van der Waals surface area contributed by atoms with Gasteiger partial charge in [-0.05, 0) is 56.6 Å². The number of pyridine rings is 1. The topological polar surface area (TPSA) is 39.2 Å². The molecule has 5 aromatic rings. The van der Waals surface area contributed by atoms with Crippen molar-refractivity contribution in [2.75, 3.05) is 0 Å². The molecule has 1 aromatic heterocycles. The molecule has 136 valence electrons. The fourth-order valence-corrected chi connectivity index (χ4v) is 3.60. The van der Waals surface area contributed by atoms with E-state index in [4.69, 9.17) is 4.74 Å². The van der Waals surface area contributed by atoms with Crippen molar-refractivity contribution in [1.82, 2.24) is 4.98 Å². The normalized spacial score (nSPS) is 10.7. The molecule has 0 aliphatic rings. The van der Waals surface area contributed by atoms with Gasteiger partial charge in [0.1, 0.15) is 5.75 Å². The maximum atomic E-state index is 12.4. The predicted molar refractivity (Wildman–Crippen MR) is 115 cm³/mol. The van der Waals surface area contributed by atoms with Gasteiger partial charge in [0.05, 0.1) is 5.56 Å². The maximum Gasteiger partial charge on any atom is 0.345 e. The van der Waals surface area contributed by atoms with Crippen molar-refractivity contribution in [2.45, 2.75) is 0 Å². The molecule has 0 bridgehead atoms. The number of esters is 1. The first-order chi connectivity index (χ1) is 13.3. The van der Waals surface area contributed by atoms with Crippen LogP contribution in [0.15, 0.2) is 91.3 Å². The zero-order chi connectivity index (χ0) is 18.2. The highest BCUT2D eigenvalue weighted by molar-refractivity contribution is 6.25. The first-order valence-electron chi connectivity index (χ1n) is 8.77. The van der Waals surface area contributed by atoms with Crippen molar-refractivity contribution < 1.29 is 9.53 Å². The first-order valence-corrected chi connectivity index (χ1v) is 8.77. The summed E-state index contributed by atoms with van der Waals surface area (Å²) in [6.45, 7) is 0. The zero-order valence-electron chi connectivity index (χ0n) is 14.8. The Kier molecular flexibility index (Phi) is 4.68. The van der Waals surface area contributed by atoms with E-state index in [2.05, 4.69) is 35.3 Å². The van der Waals surface area contributed by atoms with Crippen LogP contribution in [0.4, 0.5) is 0 Å². The van der Waals surface area contributed by atoms with E-state index in [0.29, 0.717) is 11.3 Å². The van der Waals surface area contributed by atoms with Crippen LogP contribution in [-0.4, -0.2) is 11.0 Å². The van der Waals surface area contributed by atoms with Crippen LogP contribution in [0.25, 0.3) is 32.3 Å².